The molecule has 23 heavy (non-hydrogen) atoms. The molecule has 2 rings (SSSR count). The summed E-state index contributed by atoms with van der Waals surface area (Å²) in [5, 5.41) is 5.66. The fourth-order valence-corrected chi connectivity index (χ4v) is 1.99. The van der Waals surface area contributed by atoms with Gasteiger partial charge in [-0.3, -0.25) is 4.79 Å². The standard InChI is InChI=1S/C16H14ClFN2O3/c1-23-16(22)10-2-5-12(6-3-10)20-15(21)9-19-14-8-11(17)4-7-13(14)18/h2-8,19H,9H2,1H3,(H,20,21). The van der Waals surface area contributed by atoms with E-state index in [1.165, 1.54) is 37.4 Å². The first-order valence-corrected chi connectivity index (χ1v) is 7.04. The van der Waals surface area contributed by atoms with Crippen LogP contribution >= 0.6 is 11.6 Å². The van der Waals surface area contributed by atoms with Crippen LogP contribution in [0.3, 0.4) is 0 Å². The molecule has 0 aliphatic carbocycles. The number of carbonyl (C=O) groups is 2. The second-order valence-electron chi connectivity index (χ2n) is 4.59. The van der Waals surface area contributed by atoms with Gasteiger partial charge in [-0.2, -0.15) is 0 Å². The number of carbonyl (C=O) groups excluding carboxylic acids is 2. The molecule has 0 saturated heterocycles. The van der Waals surface area contributed by atoms with Crippen LogP contribution in [0.15, 0.2) is 42.5 Å². The van der Waals surface area contributed by atoms with Gasteiger partial charge in [0.05, 0.1) is 24.9 Å². The number of rotatable bonds is 5. The Balaban J connectivity index is 1.92. The minimum Gasteiger partial charge on any atom is -0.465 e. The smallest absolute Gasteiger partial charge is 0.337 e. The van der Waals surface area contributed by atoms with Gasteiger partial charge in [-0.15, -0.1) is 0 Å². The van der Waals surface area contributed by atoms with Gasteiger partial charge in [-0.25, -0.2) is 9.18 Å². The molecule has 0 bridgehead atoms. The second kappa shape index (κ2) is 7.60. The van der Waals surface area contributed by atoms with E-state index in [1.807, 2.05) is 0 Å². The molecule has 2 aromatic carbocycles. The largest absolute Gasteiger partial charge is 0.465 e. The molecule has 7 heteroatoms. The molecule has 0 atom stereocenters. The third-order valence-electron chi connectivity index (χ3n) is 2.96. The maximum absolute atomic E-state index is 13.5. The fraction of sp³-hybridized carbons (Fsp3) is 0.125. The Kier molecular flexibility index (Phi) is 5.54. The molecule has 2 aromatic rings. The zero-order valence-corrected chi connectivity index (χ0v) is 13.0. The van der Waals surface area contributed by atoms with E-state index in [-0.39, 0.29) is 18.1 Å². The molecule has 0 aromatic heterocycles. The Labute approximate surface area is 137 Å². The van der Waals surface area contributed by atoms with Crippen molar-refractivity contribution in [2.75, 3.05) is 24.3 Å². The Morgan fingerprint density at radius 3 is 2.52 bits per heavy atom. The highest BCUT2D eigenvalue weighted by molar-refractivity contribution is 6.30. The van der Waals surface area contributed by atoms with E-state index in [0.717, 1.165) is 0 Å². The van der Waals surface area contributed by atoms with Crippen molar-refractivity contribution < 1.29 is 18.7 Å². The number of esters is 1. The van der Waals surface area contributed by atoms with E-state index in [9.17, 15) is 14.0 Å². The number of benzene rings is 2. The Morgan fingerprint density at radius 2 is 1.87 bits per heavy atom. The van der Waals surface area contributed by atoms with Crippen molar-refractivity contribution >= 4 is 34.9 Å². The van der Waals surface area contributed by atoms with Crippen LogP contribution in [-0.4, -0.2) is 25.5 Å². The first kappa shape index (κ1) is 16.8. The van der Waals surface area contributed by atoms with Crippen LogP contribution < -0.4 is 10.6 Å². The van der Waals surface area contributed by atoms with Crippen LogP contribution in [0.5, 0.6) is 0 Å². The predicted molar refractivity (Wildman–Crippen MR) is 86.3 cm³/mol. The first-order chi connectivity index (χ1) is 11.0. The summed E-state index contributed by atoms with van der Waals surface area (Å²) in [7, 11) is 1.29. The first-order valence-electron chi connectivity index (χ1n) is 6.67. The minimum atomic E-state index is -0.496. The molecule has 5 nitrogen and oxygen atoms in total. The molecular weight excluding hydrogens is 323 g/mol. The summed E-state index contributed by atoms with van der Waals surface area (Å²) in [4.78, 5) is 23.1. The van der Waals surface area contributed by atoms with Crippen LogP contribution in [0.4, 0.5) is 15.8 Å². The molecule has 0 saturated carbocycles. The number of ether oxygens (including phenoxy) is 1. The normalized spacial score (nSPS) is 10.0. The monoisotopic (exact) mass is 336 g/mol. The lowest BCUT2D eigenvalue weighted by molar-refractivity contribution is -0.114. The van der Waals surface area contributed by atoms with Crippen molar-refractivity contribution in [2.45, 2.75) is 0 Å². The summed E-state index contributed by atoms with van der Waals surface area (Å²) in [5.74, 6) is -1.32. The highest BCUT2D eigenvalue weighted by Crippen LogP contribution is 2.19. The van der Waals surface area contributed by atoms with Gasteiger partial charge in [0.1, 0.15) is 5.82 Å². The number of amides is 1. The number of hydrogen-bond acceptors (Lipinski definition) is 4. The molecular formula is C16H14ClFN2O3. The lowest BCUT2D eigenvalue weighted by Gasteiger charge is -2.09. The van der Waals surface area contributed by atoms with Gasteiger partial charge in [0.2, 0.25) is 5.91 Å². The topological polar surface area (TPSA) is 67.4 Å². The van der Waals surface area contributed by atoms with Crippen molar-refractivity contribution in [3.8, 4) is 0 Å². The quantitative estimate of drug-likeness (QED) is 0.822. The van der Waals surface area contributed by atoms with Gasteiger partial charge in [0.25, 0.3) is 0 Å². The van der Waals surface area contributed by atoms with E-state index in [2.05, 4.69) is 15.4 Å². The summed E-state index contributed by atoms with van der Waals surface area (Å²) in [6, 6.07) is 10.2. The molecule has 0 aliphatic heterocycles. The molecule has 120 valence electrons. The maximum Gasteiger partial charge on any atom is 0.337 e. The zero-order valence-electron chi connectivity index (χ0n) is 12.2. The van der Waals surface area contributed by atoms with Gasteiger partial charge in [0, 0.05) is 10.7 Å². The van der Waals surface area contributed by atoms with Gasteiger partial charge >= 0.3 is 5.97 Å². The van der Waals surface area contributed by atoms with E-state index >= 15 is 0 Å². The predicted octanol–water partition coefficient (Wildman–Crippen LogP) is 3.32. The summed E-state index contributed by atoms with van der Waals surface area (Å²) in [6.07, 6.45) is 0. The van der Waals surface area contributed by atoms with Gasteiger partial charge in [0.15, 0.2) is 0 Å². The molecule has 0 fully saturated rings. The molecule has 0 aliphatic rings. The van der Waals surface area contributed by atoms with E-state index in [1.54, 1.807) is 12.1 Å². The van der Waals surface area contributed by atoms with Crippen LogP contribution in [-0.2, 0) is 9.53 Å². The van der Waals surface area contributed by atoms with Crippen LogP contribution in [0.25, 0.3) is 0 Å². The van der Waals surface area contributed by atoms with Crippen LogP contribution in [0.1, 0.15) is 10.4 Å². The van der Waals surface area contributed by atoms with Crippen molar-refractivity contribution in [3.05, 3.63) is 58.9 Å². The van der Waals surface area contributed by atoms with Crippen LogP contribution in [0.2, 0.25) is 5.02 Å². The zero-order chi connectivity index (χ0) is 16.8. The highest BCUT2D eigenvalue weighted by Gasteiger charge is 2.08. The number of methoxy groups -OCH3 is 1. The fourth-order valence-electron chi connectivity index (χ4n) is 1.82. The average molecular weight is 337 g/mol. The Morgan fingerprint density at radius 1 is 1.17 bits per heavy atom. The summed E-state index contributed by atoms with van der Waals surface area (Å²) >= 11 is 5.77. The lowest BCUT2D eigenvalue weighted by atomic mass is 10.2. The van der Waals surface area contributed by atoms with Crippen molar-refractivity contribution in [3.63, 3.8) is 0 Å². The SMILES string of the molecule is COC(=O)c1ccc(NC(=O)CNc2cc(Cl)ccc2F)cc1. The number of halogens is 2. The van der Waals surface area contributed by atoms with Crippen molar-refractivity contribution in [1.29, 1.82) is 0 Å². The molecule has 0 heterocycles. The van der Waals surface area contributed by atoms with Gasteiger partial charge in [-0.05, 0) is 42.5 Å². The molecule has 0 radical (unpaired) electrons. The third kappa shape index (κ3) is 4.69. The summed E-state index contributed by atoms with van der Waals surface area (Å²) < 4.78 is 18.1. The molecule has 2 N–H and O–H groups in total. The number of nitrogens with one attached hydrogen (secondary N) is 2. The van der Waals surface area contributed by atoms with Gasteiger partial charge in [-0.1, -0.05) is 11.6 Å². The van der Waals surface area contributed by atoms with Crippen molar-refractivity contribution in [2.24, 2.45) is 0 Å². The van der Waals surface area contributed by atoms with E-state index in [4.69, 9.17) is 11.6 Å². The number of anilines is 2. The number of hydrogen-bond donors (Lipinski definition) is 2. The van der Waals surface area contributed by atoms with E-state index in [0.29, 0.717) is 16.3 Å². The van der Waals surface area contributed by atoms with E-state index < -0.39 is 11.8 Å². The lowest BCUT2D eigenvalue weighted by Crippen LogP contribution is -2.22. The maximum atomic E-state index is 13.5. The molecule has 0 spiro atoms. The van der Waals surface area contributed by atoms with Gasteiger partial charge < -0.3 is 15.4 Å². The molecule has 1 amide bonds. The van der Waals surface area contributed by atoms with Crippen LogP contribution in [0, 0.1) is 5.82 Å². The van der Waals surface area contributed by atoms with Crippen molar-refractivity contribution in [1.82, 2.24) is 0 Å². The highest BCUT2D eigenvalue weighted by atomic mass is 35.5. The summed E-state index contributed by atoms with van der Waals surface area (Å²) in [5.41, 5.74) is 1.04. The third-order valence-corrected chi connectivity index (χ3v) is 3.19. The summed E-state index contributed by atoms with van der Waals surface area (Å²) in [6.45, 7) is -0.129. The average Bonchev–Trinajstić information content (AvgIpc) is 2.55. The Bertz CT molecular complexity index is 720. The molecule has 0 unspecified atom stereocenters. The second-order valence-corrected chi connectivity index (χ2v) is 5.03. The minimum absolute atomic E-state index is 0.129. The Hall–Kier alpha value is -2.60.